The zero-order chi connectivity index (χ0) is 16.1. The average molecular weight is 331 g/mol. The van der Waals surface area contributed by atoms with Crippen LogP contribution in [0.1, 0.15) is 31.1 Å². The quantitative estimate of drug-likeness (QED) is 0.823. The number of likely N-dealkylation sites (tertiary alicyclic amines) is 1. The van der Waals surface area contributed by atoms with E-state index >= 15 is 0 Å². The molecule has 2 heterocycles. The lowest BCUT2D eigenvalue weighted by molar-refractivity contribution is -0.129. The van der Waals surface area contributed by atoms with Crippen LogP contribution in [0.15, 0.2) is 58.0 Å². The van der Waals surface area contributed by atoms with E-state index in [4.69, 9.17) is 4.42 Å². The van der Waals surface area contributed by atoms with Gasteiger partial charge >= 0.3 is 0 Å². The number of benzene rings is 1. The second kappa shape index (κ2) is 7.70. The summed E-state index contributed by atoms with van der Waals surface area (Å²) < 4.78 is 5.25. The van der Waals surface area contributed by atoms with Gasteiger partial charge in [-0.15, -0.1) is 11.8 Å². The summed E-state index contributed by atoms with van der Waals surface area (Å²) in [5.41, 5.74) is 0. The number of aliphatic hydroxyl groups is 1. The third kappa shape index (κ3) is 4.18. The summed E-state index contributed by atoms with van der Waals surface area (Å²) in [7, 11) is 0. The molecule has 1 amide bonds. The van der Waals surface area contributed by atoms with E-state index in [1.54, 1.807) is 30.2 Å². The Morgan fingerprint density at radius 2 is 2.13 bits per heavy atom. The fourth-order valence-corrected chi connectivity index (χ4v) is 3.81. The minimum atomic E-state index is -0.648. The fraction of sp³-hybridized carbons (Fsp3) is 0.389. The third-order valence-electron chi connectivity index (χ3n) is 4.17. The van der Waals surface area contributed by atoms with Crippen molar-refractivity contribution in [2.45, 2.75) is 36.3 Å². The van der Waals surface area contributed by atoms with Gasteiger partial charge < -0.3 is 14.4 Å². The average Bonchev–Trinajstić information content (AvgIpc) is 3.25. The van der Waals surface area contributed by atoms with E-state index in [9.17, 15) is 9.90 Å². The van der Waals surface area contributed by atoms with Crippen molar-refractivity contribution in [1.82, 2.24) is 4.90 Å². The van der Waals surface area contributed by atoms with Crippen molar-refractivity contribution in [2.24, 2.45) is 0 Å². The fourth-order valence-electron chi connectivity index (χ4n) is 3.01. The van der Waals surface area contributed by atoms with E-state index in [1.807, 2.05) is 35.2 Å². The molecule has 0 spiro atoms. The first-order valence-electron chi connectivity index (χ1n) is 7.93. The Kier molecular flexibility index (Phi) is 5.41. The predicted octanol–water partition coefficient (Wildman–Crippen LogP) is 3.49. The number of rotatable bonds is 6. The molecule has 122 valence electrons. The summed E-state index contributed by atoms with van der Waals surface area (Å²) in [5, 5.41) is 10.2. The van der Waals surface area contributed by atoms with E-state index in [1.165, 1.54) is 0 Å². The second-order valence-electron chi connectivity index (χ2n) is 5.75. The second-order valence-corrected chi connectivity index (χ2v) is 6.80. The van der Waals surface area contributed by atoms with Crippen LogP contribution in [0.4, 0.5) is 0 Å². The lowest BCUT2D eigenvalue weighted by Crippen LogP contribution is -2.37. The van der Waals surface area contributed by atoms with Crippen LogP contribution in [0.3, 0.4) is 0 Å². The lowest BCUT2D eigenvalue weighted by atomic mass is 10.1. The van der Waals surface area contributed by atoms with Crippen LogP contribution in [0.5, 0.6) is 0 Å². The van der Waals surface area contributed by atoms with Crippen LogP contribution in [0.2, 0.25) is 0 Å². The molecular weight excluding hydrogens is 310 g/mol. The number of thioether (sulfide) groups is 1. The maximum Gasteiger partial charge on any atom is 0.233 e. The summed E-state index contributed by atoms with van der Waals surface area (Å²) in [6, 6.07) is 13.6. The smallest absolute Gasteiger partial charge is 0.233 e. The van der Waals surface area contributed by atoms with Crippen LogP contribution >= 0.6 is 11.8 Å². The highest BCUT2D eigenvalue weighted by Gasteiger charge is 2.31. The molecule has 0 bridgehead atoms. The Morgan fingerprint density at radius 1 is 1.30 bits per heavy atom. The van der Waals surface area contributed by atoms with Gasteiger partial charge in [0.25, 0.3) is 0 Å². The molecule has 1 aromatic carbocycles. The summed E-state index contributed by atoms with van der Waals surface area (Å²) >= 11 is 1.56. The van der Waals surface area contributed by atoms with Crippen molar-refractivity contribution >= 4 is 17.7 Å². The van der Waals surface area contributed by atoms with Gasteiger partial charge in [0.1, 0.15) is 11.9 Å². The molecule has 0 saturated carbocycles. The Bertz CT molecular complexity index is 614. The Morgan fingerprint density at radius 3 is 2.87 bits per heavy atom. The van der Waals surface area contributed by atoms with Gasteiger partial charge in [-0.1, -0.05) is 18.2 Å². The first-order chi connectivity index (χ1) is 11.2. The number of hydrogen-bond donors (Lipinski definition) is 1. The topological polar surface area (TPSA) is 53.7 Å². The Labute approximate surface area is 140 Å². The van der Waals surface area contributed by atoms with Gasteiger partial charge in [-0.2, -0.15) is 0 Å². The van der Waals surface area contributed by atoms with Gasteiger partial charge in [0, 0.05) is 23.9 Å². The largest absolute Gasteiger partial charge is 0.467 e. The van der Waals surface area contributed by atoms with Crippen molar-refractivity contribution in [3.05, 3.63) is 54.5 Å². The van der Waals surface area contributed by atoms with Gasteiger partial charge in [0.2, 0.25) is 5.91 Å². The summed E-state index contributed by atoms with van der Waals surface area (Å²) in [6.07, 6.45) is 3.39. The first-order valence-corrected chi connectivity index (χ1v) is 8.91. The van der Waals surface area contributed by atoms with E-state index in [0.29, 0.717) is 17.9 Å². The molecule has 0 unspecified atom stereocenters. The number of nitrogens with zero attached hydrogens (tertiary/aromatic N) is 1. The normalized spacial score (nSPS) is 19.0. The number of amides is 1. The van der Waals surface area contributed by atoms with Crippen molar-refractivity contribution in [1.29, 1.82) is 0 Å². The van der Waals surface area contributed by atoms with Crippen molar-refractivity contribution in [2.75, 3.05) is 12.3 Å². The highest BCUT2D eigenvalue weighted by molar-refractivity contribution is 8.00. The number of aliphatic hydroxyl groups excluding tert-OH is 1. The summed E-state index contributed by atoms with van der Waals surface area (Å²) in [4.78, 5) is 15.5. The molecule has 0 radical (unpaired) electrons. The maximum atomic E-state index is 12.5. The summed E-state index contributed by atoms with van der Waals surface area (Å²) in [5.74, 6) is 1.16. The molecule has 2 atom stereocenters. The van der Waals surface area contributed by atoms with Crippen LogP contribution in [0, 0.1) is 0 Å². The molecule has 1 saturated heterocycles. The molecule has 2 aromatic rings. The zero-order valence-electron chi connectivity index (χ0n) is 12.9. The van der Waals surface area contributed by atoms with E-state index in [-0.39, 0.29) is 11.9 Å². The molecule has 23 heavy (non-hydrogen) atoms. The standard InChI is InChI=1S/C18H21NO3S/c20-16(17-9-5-11-22-17)12-14-6-4-10-19(14)18(21)13-23-15-7-2-1-3-8-15/h1-3,5,7-9,11,14,16,20H,4,6,10,12-13H2/t14-,16+/m0/s1. The third-order valence-corrected chi connectivity index (χ3v) is 5.17. The molecule has 4 nitrogen and oxygen atoms in total. The summed E-state index contributed by atoms with van der Waals surface area (Å²) in [6.45, 7) is 0.781. The highest BCUT2D eigenvalue weighted by Crippen LogP contribution is 2.28. The van der Waals surface area contributed by atoms with Crippen molar-refractivity contribution in [3.63, 3.8) is 0 Å². The SMILES string of the molecule is O=C(CSc1ccccc1)N1CCC[C@H]1C[C@@H](O)c1ccco1. The minimum absolute atomic E-state index is 0.0963. The molecule has 1 aliphatic heterocycles. The minimum Gasteiger partial charge on any atom is -0.467 e. The number of carbonyl (C=O) groups excluding carboxylic acids is 1. The Hall–Kier alpha value is -1.72. The molecule has 1 aliphatic rings. The van der Waals surface area contributed by atoms with E-state index in [2.05, 4.69) is 0 Å². The number of hydrogen-bond acceptors (Lipinski definition) is 4. The van der Waals surface area contributed by atoms with Crippen molar-refractivity contribution < 1.29 is 14.3 Å². The Balaban J connectivity index is 1.54. The molecule has 1 aromatic heterocycles. The van der Waals surface area contributed by atoms with Crippen LogP contribution in [0.25, 0.3) is 0 Å². The monoisotopic (exact) mass is 331 g/mol. The van der Waals surface area contributed by atoms with Crippen LogP contribution < -0.4 is 0 Å². The molecule has 1 N–H and O–H groups in total. The maximum absolute atomic E-state index is 12.5. The van der Waals surface area contributed by atoms with E-state index in [0.717, 1.165) is 24.3 Å². The zero-order valence-corrected chi connectivity index (χ0v) is 13.7. The van der Waals surface area contributed by atoms with Gasteiger partial charge in [-0.05, 0) is 37.1 Å². The van der Waals surface area contributed by atoms with Gasteiger partial charge in [-0.25, -0.2) is 0 Å². The predicted molar refractivity (Wildman–Crippen MR) is 90.2 cm³/mol. The number of carbonyl (C=O) groups is 1. The molecule has 3 rings (SSSR count). The lowest BCUT2D eigenvalue weighted by Gasteiger charge is -2.26. The number of furan rings is 1. The van der Waals surface area contributed by atoms with Crippen molar-refractivity contribution in [3.8, 4) is 0 Å². The molecule has 1 fully saturated rings. The van der Waals surface area contributed by atoms with Gasteiger partial charge in [0.15, 0.2) is 0 Å². The van der Waals surface area contributed by atoms with Crippen LogP contribution in [-0.4, -0.2) is 34.3 Å². The highest BCUT2D eigenvalue weighted by atomic mass is 32.2. The first kappa shape index (κ1) is 16.1. The van der Waals surface area contributed by atoms with Crippen LogP contribution in [-0.2, 0) is 4.79 Å². The van der Waals surface area contributed by atoms with E-state index < -0.39 is 6.10 Å². The van der Waals surface area contributed by atoms with Gasteiger partial charge in [0.05, 0.1) is 12.0 Å². The molecular formula is C18H21NO3S. The molecule has 0 aliphatic carbocycles. The van der Waals surface area contributed by atoms with Gasteiger partial charge in [-0.3, -0.25) is 4.79 Å². The molecule has 5 heteroatoms.